The van der Waals surface area contributed by atoms with Crippen LogP contribution in [0.5, 0.6) is 0 Å². The highest BCUT2D eigenvalue weighted by atomic mass is 32.2. The topological polar surface area (TPSA) is 109 Å². The molecule has 0 amide bonds. The number of aryl methyl sites for hydroxylation is 4. The summed E-state index contributed by atoms with van der Waals surface area (Å²) in [5.74, 6) is 0. The molecule has 8 heteroatoms. The molecule has 0 atom stereocenters. The number of hydrogen-bond donors (Lipinski definition) is 2. The van der Waals surface area contributed by atoms with Gasteiger partial charge in [0.15, 0.2) is 0 Å². The molecule has 0 spiro atoms. The third kappa shape index (κ3) is 5.72. The van der Waals surface area contributed by atoms with Crippen LogP contribution in [0.1, 0.15) is 22.3 Å². The van der Waals surface area contributed by atoms with Gasteiger partial charge in [-0.2, -0.15) is 16.8 Å². The zero-order valence-electron chi connectivity index (χ0n) is 13.8. The average molecular weight is 372 g/mol. The standard InChI is InChI=1S/2C8H10O3S/c1-6-3-4-8(5-7(6)2)12(9,10)11;1-6-3-4-8(7(2)5-6)12(9,10)11/h2*3-5H,1-2H3,(H,9,10,11). The van der Waals surface area contributed by atoms with Gasteiger partial charge in [0.25, 0.3) is 20.2 Å². The molecular formula is C16H20O6S2. The Morgan fingerprint density at radius 3 is 1.67 bits per heavy atom. The lowest BCUT2D eigenvalue weighted by molar-refractivity contribution is 0.480. The lowest BCUT2D eigenvalue weighted by Crippen LogP contribution is -2.00. The summed E-state index contributed by atoms with van der Waals surface area (Å²) in [5, 5.41) is 0. The van der Waals surface area contributed by atoms with Gasteiger partial charge in [-0.05, 0) is 62.6 Å². The van der Waals surface area contributed by atoms with Crippen molar-refractivity contribution in [3.05, 3.63) is 58.7 Å². The van der Waals surface area contributed by atoms with Crippen molar-refractivity contribution in [2.45, 2.75) is 37.5 Å². The second-order valence-corrected chi connectivity index (χ2v) is 8.28. The molecule has 2 N–H and O–H groups in total. The Balaban J connectivity index is 0.000000240. The SMILES string of the molecule is Cc1ccc(S(=O)(=O)O)c(C)c1.Cc1ccc(S(=O)(=O)O)cc1C. The summed E-state index contributed by atoms with van der Waals surface area (Å²) in [5.41, 5.74) is 3.39. The van der Waals surface area contributed by atoms with E-state index in [-0.39, 0.29) is 9.79 Å². The van der Waals surface area contributed by atoms with Crippen molar-refractivity contribution in [1.29, 1.82) is 0 Å². The summed E-state index contributed by atoms with van der Waals surface area (Å²) < 4.78 is 60.2. The number of hydrogen-bond acceptors (Lipinski definition) is 4. The summed E-state index contributed by atoms with van der Waals surface area (Å²) >= 11 is 0. The van der Waals surface area contributed by atoms with E-state index in [1.807, 2.05) is 13.8 Å². The van der Waals surface area contributed by atoms with Crippen molar-refractivity contribution in [3.8, 4) is 0 Å². The summed E-state index contributed by atoms with van der Waals surface area (Å²) in [6, 6.07) is 9.26. The van der Waals surface area contributed by atoms with Gasteiger partial charge in [-0.15, -0.1) is 0 Å². The van der Waals surface area contributed by atoms with Crippen LogP contribution in [-0.2, 0) is 20.2 Å². The predicted molar refractivity (Wildman–Crippen MR) is 91.5 cm³/mol. The normalized spacial score (nSPS) is 11.6. The van der Waals surface area contributed by atoms with Crippen molar-refractivity contribution in [3.63, 3.8) is 0 Å². The summed E-state index contributed by atoms with van der Waals surface area (Å²) in [7, 11) is -8.09. The molecule has 24 heavy (non-hydrogen) atoms. The molecule has 2 aromatic rings. The molecule has 0 saturated heterocycles. The van der Waals surface area contributed by atoms with Crippen molar-refractivity contribution >= 4 is 20.2 Å². The minimum Gasteiger partial charge on any atom is -0.282 e. The Hall–Kier alpha value is -1.74. The lowest BCUT2D eigenvalue weighted by Gasteiger charge is -2.02. The first-order valence-electron chi connectivity index (χ1n) is 6.92. The van der Waals surface area contributed by atoms with Crippen LogP contribution < -0.4 is 0 Å². The molecule has 0 unspecified atom stereocenters. The first-order chi connectivity index (χ1) is 10.8. The molecule has 0 fully saturated rings. The van der Waals surface area contributed by atoms with Crippen molar-refractivity contribution in [2.75, 3.05) is 0 Å². The number of benzene rings is 2. The van der Waals surface area contributed by atoms with E-state index in [9.17, 15) is 16.8 Å². The van der Waals surface area contributed by atoms with Gasteiger partial charge in [-0.3, -0.25) is 9.11 Å². The van der Waals surface area contributed by atoms with Crippen LogP contribution in [0.25, 0.3) is 0 Å². The fraction of sp³-hybridized carbons (Fsp3) is 0.250. The molecule has 0 radical (unpaired) electrons. The Kier molecular flexibility index (Phi) is 6.29. The highest BCUT2D eigenvalue weighted by molar-refractivity contribution is 7.86. The van der Waals surface area contributed by atoms with Crippen LogP contribution in [0.2, 0.25) is 0 Å². The van der Waals surface area contributed by atoms with Crippen molar-refractivity contribution < 1.29 is 25.9 Å². The monoisotopic (exact) mass is 372 g/mol. The zero-order chi connectivity index (χ0) is 18.7. The predicted octanol–water partition coefficient (Wildman–Crippen LogP) is 3.10. The second-order valence-electron chi connectivity index (χ2n) is 5.47. The molecule has 2 rings (SSSR count). The summed E-state index contributed by atoms with van der Waals surface area (Å²) in [4.78, 5) is -0.0706. The first kappa shape index (κ1) is 20.3. The summed E-state index contributed by atoms with van der Waals surface area (Å²) in [6.07, 6.45) is 0. The largest absolute Gasteiger partial charge is 0.294 e. The molecule has 0 aromatic heterocycles. The van der Waals surface area contributed by atoms with Crippen LogP contribution >= 0.6 is 0 Å². The van der Waals surface area contributed by atoms with Crippen LogP contribution in [0.4, 0.5) is 0 Å². The Labute approximate surface area is 142 Å². The molecule has 0 heterocycles. The first-order valence-corrected chi connectivity index (χ1v) is 9.80. The van der Waals surface area contributed by atoms with E-state index in [0.29, 0.717) is 5.56 Å². The minimum absolute atomic E-state index is 0.0203. The third-order valence-electron chi connectivity index (χ3n) is 3.38. The second kappa shape index (κ2) is 7.43. The van der Waals surface area contributed by atoms with Gasteiger partial charge in [0, 0.05) is 0 Å². The highest BCUT2D eigenvalue weighted by Crippen LogP contribution is 2.15. The molecular weight excluding hydrogens is 352 g/mol. The molecule has 0 saturated carbocycles. The van der Waals surface area contributed by atoms with Gasteiger partial charge in [0.05, 0.1) is 9.79 Å². The molecule has 132 valence electrons. The number of rotatable bonds is 2. The van der Waals surface area contributed by atoms with E-state index in [4.69, 9.17) is 9.11 Å². The molecule has 2 aromatic carbocycles. The van der Waals surface area contributed by atoms with Crippen LogP contribution in [0.3, 0.4) is 0 Å². The molecule has 0 bridgehead atoms. The molecule has 0 aliphatic carbocycles. The molecule has 0 aliphatic rings. The fourth-order valence-electron chi connectivity index (χ4n) is 1.96. The molecule has 6 nitrogen and oxygen atoms in total. The van der Waals surface area contributed by atoms with E-state index in [1.54, 1.807) is 32.0 Å². The maximum absolute atomic E-state index is 10.7. The van der Waals surface area contributed by atoms with Gasteiger partial charge >= 0.3 is 0 Å². The zero-order valence-corrected chi connectivity index (χ0v) is 15.4. The van der Waals surface area contributed by atoms with Gasteiger partial charge in [-0.1, -0.05) is 23.8 Å². The molecule has 0 aliphatic heterocycles. The summed E-state index contributed by atoms with van der Waals surface area (Å²) in [6.45, 7) is 7.18. The third-order valence-corrected chi connectivity index (χ3v) is 5.25. The maximum Gasteiger partial charge on any atom is 0.294 e. The smallest absolute Gasteiger partial charge is 0.282 e. The maximum atomic E-state index is 10.7. The van der Waals surface area contributed by atoms with E-state index in [2.05, 4.69) is 0 Å². The Bertz CT molecular complexity index is 945. The van der Waals surface area contributed by atoms with Crippen LogP contribution in [0.15, 0.2) is 46.2 Å². The van der Waals surface area contributed by atoms with Crippen LogP contribution in [-0.4, -0.2) is 25.9 Å². The van der Waals surface area contributed by atoms with Crippen molar-refractivity contribution in [1.82, 2.24) is 0 Å². The van der Waals surface area contributed by atoms with E-state index >= 15 is 0 Å². The van der Waals surface area contributed by atoms with Gasteiger partial charge in [0.2, 0.25) is 0 Å². The van der Waals surface area contributed by atoms with Gasteiger partial charge in [0.1, 0.15) is 0 Å². The average Bonchev–Trinajstić information content (AvgIpc) is 2.39. The Morgan fingerprint density at radius 2 is 1.25 bits per heavy atom. The van der Waals surface area contributed by atoms with E-state index < -0.39 is 20.2 Å². The lowest BCUT2D eigenvalue weighted by atomic mass is 10.1. The van der Waals surface area contributed by atoms with E-state index in [1.165, 1.54) is 18.2 Å². The highest BCUT2D eigenvalue weighted by Gasteiger charge is 2.11. The van der Waals surface area contributed by atoms with E-state index in [0.717, 1.165) is 16.7 Å². The quantitative estimate of drug-likeness (QED) is 0.784. The van der Waals surface area contributed by atoms with Gasteiger partial charge < -0.3 is 0 Å². The van der Waals surface area contributed by atoms with Gasteiger partial charge in [-0.25, -0.2) is 0 Å². The Morgan fingerprint density at radius 1 is 0.667 bits per heavy atom. The minimum atomic E-state index is -4.05. The van der Waals surface area contributed by atoms with Crippen molar-refractivity contribution in [2.24, 2.45) is 0 Å². The fourth-order valence-corrected chi connectivity index (χ4v) is 3.23. The van der Waals surface area contributed by atoms with Crippen LogP contribution in [0, 0.1) is 27.7 Å².